The quantitative estimate of drug-likeness (QED) is 0.154. The first-order valence-corrected chi connectivity index (χ1v) is 15.1. The molecule has 0 saturated carbocycles. The van der Waals surface area contributed by atoms with Crippen LogP contribution in [0.5, 0.6) is 5.88 Å². The van der Waals surface area contributed by atoms with Crippen molar-refractivity contribution in [1.82, 2.24) is 34.9 Å². The average molecular weight is 602 g/mol. The lowest BCUT2D eigenvalue weighted by atomic mass is 10.2. The van der Waals surface area contributed by atoms with E-state index in [-0.39, 0.29) is 11.8 Å². The number of carbonyl (C=O) groups is 2. The number of nitrogens with one attached hydrogen (secondary N) is 3. The van der Waals surface area contributed by atoms with Crippen LogP contribution in [0, 0.1) is 11.8 Å². The molecule has 12 nitrogen and oxygen atoms in total. The Balaban J connectivity index is 1.31. The molecule has 1 aliphatic heterocycles. The van der Waals surface area contributed by atoms with Gasteiger partial charge in [0.2, 0.25) is 23.6 Å². The van der Waals surface area contributed by atoms with Crippen LogP contribution in [0.3, 0.4) is 0 Å². The highest BCUT2D eigenvalue weighted by molar-refractivity contribution is 5.93. The summed E-state index contributed by atoms with van der Waals surface area (Å²) in [7, 11) is 7.37. The number of methoxy groups -OCH3 is 1. The molecule has 0 aliphatic carbocycles. The first kappa shape index (κ1) is 32.3. The van der Waals surface area contributed by atoms with Gasteiger partial charge in [0.05, 0.1) is 29.8 Å². The molecule has 12 heteroatoms. The van der Waals surface area contributed by atoms with Crippen LogP contribution >= 0.6 is 0 Å². The standard InChI is InChI=1S/C32H43N9O3/c1-6-17-33-29-23(22-35-32(37-29)36-24-15-16-26-25(21-24)31(44-5)38-40(26)4)12-8-7-9-18-34-30(43)27-13-10-20-41(27)28(42)14-11-19-39(2)3/h11,14-16,21-22,27H,6-7,9-10,13,17-20H2,1-5H3,(H,34,43)(H2,33,35,36,37)/t27-/m0/s1. The van der Waals surface area contributed by atoms with Crippen molar-refractivity contribution in [3.63, 3.8) is 0 Å². The Bertz CT molecular complexity index is 1540. The van der Waals surface area contributed by atoms with E-state index in [1.165, 1.54) is 0 Å². The molecule has 2 aromatic heterocycles. The van der Waals surface area contributed by atoms with Crippen molar-refractivity contribution in [3.05, 3.63) is 42.1 Å². The number of likely N-dealkylation sites (N-methyl/N-ethyl adjacent to an activating group) is 1. The summed E-state index contributed by atoms with van der Waals surface area (Å²) in [6.07, 6.45) is 8.85. The predicted molar refractivity (Wildman–Crippen MR) is 173 cm³/mol. The SMILES string of the molecule is CCCNc1nc(Nc2ccc3c(c2)c(OC)nn3C)ncc1C#CCCCNC(=O)[C@@H]1CCCN1C(=O)C=CCN(C)C. The van der Waals surface area contributed by atoms with Crippen molar-refractivity contribution in [3.8, 4) is 17.7 Å². The second kappa shape index (κ2) is 15.7. The summed E-state index contributed by atoms with van der Waals surface area (Å²) in [4.78, 5) is 38.2. The first-order chi connectivity index (χ1) is 21.3. The lowest BCUT2D eigenvalue weighted by molar-refractivity contribution is -0.135. The number of likely N-dealkylation sites (tertiary alicyclic amines) is 1. The monoisotopic (exact) mass is 601 g/mol. The molecule has 3 heterocycles. The third kappa shape index (κ3) is 8.48. The van der Waals surface area contributed by atoms with Gasteiger partial charge in [0.1, 0.15) is 11.9 Å². The maximum absolute atomic E-state index is 12.8. The van der Waals surface area contributed by atoms with Crippen molar-refractivity contribution in [2.24, 2.45) is 7.05 Å². The van der Waals surface area contributed by atoms with Gasteiger partial charge in [0.25, 0.3) is 0 Å². The second-order valence-electron chi connectivity index (χ2n) is 10.9. The van der Waals surface area contributed by atoms with Crippen LogP contribution in [0.15, 0.2) is 36.5 Å². The fraction of sp³-hybridized carbons (Fsp3) is 0.469. The number of hydrogen-bond acceptors (Lipinski definition) is 9. The molecule has 1 aliphatic rings. The minimum atomic E-state index is -0.414. The van der Waals surface area contributed by atoms with Crippen molar-refractivity contribution >= 4 is 40.2 Å². The molecule has 4 rings (SSSR count). The van der Waals surface area contributed by atoms with Crippen LogP contribution in [-0.4, -0.2) is 94.8 Å². The Morgan fingerprint density at radius 1 is 1.25 bits per heavy atom. The van der Waals surface area contributed by atoms with E-state index < -0.39 is 6.04 Å². The van der Waals surface area contributed by atoms with E-state index >= 15 is 0 Å². The first-order valence-electron chi connectivity index (χ1n) is 15.1. The van der Waals surface area contributed by atoms with Crippen LogP contribution in [0.25, 0.3) is 10.9 Å². The van der Waals surface area contributed by atoms with E-state index in [0.717, 1.165) is 36.0 Å². The molecule has 2 amide bonds. The number of unbranched alkanes of at least 4 members (excludes halogenated alkanes) is 1. The van der Waals surface area contributed by atoms with Gasteiger partial charge >= 0.3 is 0 Å². The smallest absolute Gasteiger partial charge is 0.246 e. The highest BCUT2D eigenvalue weighted by Crippen LogP contribution is 2.28. The summed E-state index contributed by atoms with van der Waals surface area (Å²) in [5.41, 5.74) is 2.49. The Kier molecular flexibility index (Phi) is 11.5. The number of ether oxygens (including phenoxy) is 1. The van der Waals surface area contributed by atoms with E-state index in [1.54, 1.807) is 29.0 Å². The van der Waals surface area contributed by atoms with Gasteiger partial charge in [-0.2, -0.15) is 4.98 Å². The third-order valence-electron chi connectivity index (χ3n) is 7.17. The van der Waals surface area contributed by atoms with Crippen molar-refractivity contribution < 1.29 is 14.3 Å². The number of aryl methyl sites for hydroxylation is 1. The maximum atomic E-state index is 12.8. The highest BCUT2D eigenvalue weighted by Gasteiger charge is 2.32. The number of rotatable bonds is 13. The molecule has 234 valence electrons. The summed E-state index contributed by atoms with van der Waals surface area (Å²) in [5.74, 6) is 7.82. The zero-order valence-electron chi connectivity index (χ0n) is 26.3. The van der Waals surface area contributed by atoms with Crippen LogP contribution in [-0.2, 0) is 16.6 Å². The molecule has 3 N–H and O–H groups in total. The van der Waals surface area contributed by atoms with Gasteiger partial charge < -0.3 is 30.5 Å². The molecule has 1 aromatic carbocycles. The van der Waals surface area contributed by atoms with Gasteiger partial charge in [-0.1, -0.05) is 24.8 Å². The van der Waals surface area contributed by atoms with Gasteiger partial charge in [-0.25, -0.2) is 4.98 Å². The third-order valence-corrected chi connectivity index (χ3v) is 7.17. The largest absolute Gasteiger partial charge is 0.479 e. The Morgan fingerprint density at radius 3 is 2.86 bits per heavy atom. The average Bonchev–Trinajstić information content (AvgIpc) is 3.63. The second-order valence-corrected chi connectivity index (χ2v) is 10.9. The molecule has 1 fully saturated rings. The molecular formula is C32H43N9O3. The Labute approximate surface area is 259 Å². The predicted octanol–water partition coefficient (Wildman–Crippen LogP) is 3.29. The van der Waals surface area contributed by atoms with E-state index in [1.807, 2.05) is 50.3 Å². The highest BCUT2D eigenvalue weighted by atomic mass is 16.5. The molecular weight excluding hydrogens is 558 g/mol. The van der Waals surface area contributed by atoms with E-state index in [9.17, 15) is 9.59 Å². The van der Waals surface area contributed by atoms with Gasteiger partial charge in [-0.05, 0) is 58.0 Å². The van der Waals surface area contributed by atoms with Crippen molar-refractivity contribution in [2.45, 2.75) is 45.1 Å². The van der Waals surface area contributed by atoms with Crippen molar-refractivity contribution in [1.29, 1.82) is 0 Å². The molecule has 3 aromatic rings. The summed E-state index contributed by atoms with van der Waals surface area (Å²) in [5, 5.41) is 14.9. The van der Waals surface area contributed by atoms with Crippen LogP contribution < -0.4 is 20.7 Å². The van der Waals surface area contributed by atoms with Gasteiger partial charge in [0.15, 0.2) is 0 Å². The van der Waals surface area contributed by atoms with Crippen LogP contribution in [0.1, 0.15) is 44.6 Å². The molecule has 0 unspecified atom stereocenters. The lowest BCUT2D eigenvalue weighted by Crippen LogP contribution is -2.45. The topological polar surface area (TPSA) is 130 Å². The Hall–Kier alpha value is -4.63. The van der Waals surface area contributed by atoms with E-state index in [4.69, 9.17) is 4.74 Å². The van der Waals surface area contributed by atoms with Gasteiger partial charge in [-0.15, -0.1) is 5.10 Å². The number of aromatic nitrogens is 4. The van der Waals surface area contributed by atoms with E-state index in [2.05, 4.69) is 49.8 Å². The fourth-order valence-electron chi connectivity index (χ4n) is 4.93. The summed E-state index contributed by atoms with van der Waals surface area (Å²) in [6.45, 7) is 4.62. The normalized spacial score (nSPS) is 14.6. The lowest BCUT2D eigenvalue weighted by Gasteiger charge is -2.22. The van der Waals surface area contributed by atoms with Gasteiger partial charge in [0, 0.05) is 51.4 Å². The maximum Gasteiger partial charge on any atom is 0.246 e. The Morgan fingerprint density at radius 2 is 2.09 bits per heavy atom. The number of carbonyl (C=O) groups excluding carboxylic acids is 2. The number of hydrogen-bond donors (Lipinski definition) is 3. The number of anilines is 3. The number of fused-ring (bicyclic) bond motifs is 1. The molecule has 0 bridgehead atoms. The summed E-state index contributed by atoms with van der Waals surface area (Å²) < 4.78 is 7.18. The molecule has 44 heavy (non-hydrogen) atoms. The fourth-order valence-corrected chi connectivity index (χ4v) is 4.93. The summed E-state index contributed by atoms with van der Waals surface area (Å²) in [6, 6.07) is 5.47. The van der Waals surface area contributed by atoms with Gasteiger partial charge in [-0.3, -0.25) is 14.3 Å². The van der Waals surface area contributed by atoms with Crippen LogP contribution in [0.2, 0.25) is 0 Å². The van der Waals surface area contributed by atoms with Crippen LogP contribution in [0.4, 0.5) is 17.5 Å². The minimum absolute atomic E-state index is 0.103. The van der Waals surface area contributed by atoms with Crippen molar-refractivity contribution in [2.75, 3.05) is 58.0 Å². The van der Waals surface area contributed by atoms with E-state index in [0.29, 0.717) is 62.1 Å². The summed E-state index contributed by atoms with van der Waals surface area (Å²) >= 11 is 0. The number of amides is 2. The zero-order valence-corrected chi connectivity index (χ0v) is 26.3. The zero-order chi connectivity index (χ0) is 31.5. The molecule has 1 atom stereocenters. The molecule has 1 saturated heterocycles. The molecule has 0 spiro atoms. The number of benzene rings is 1. The minimum Gasteiger partial charge on any atom is -0.479 e. The molecule has 0 radical (unpaired) electrons. The number of nitrogens with zero attached hydrogens (tertiary/aromatic N) is 6.